The molecule has 1 aromatic carbocycles. The molecule has 152 valence electrons. The zero-order chi connectivity index (χ0) is 20.2. The number of benzene rings is 1. The Bertz CT molecular complexity index is 959. The molecule has 29 heavy (non-hydrogen) atoms. The summed E-state index contributed by atoms with van der Waals surface area (Å²) in [5.74, 6) is 2.34. The second kappa shape index (κ2) is 8.84. The van der Waals surface area contributed by atoms with E-state index >= 15 is 0 Å². The van der Waals surface area contributed by atoms with Crippen LogP contribution in [0.1, 0.15) is 35.8 Å². The molecule has 0 spiro atoms. The highest BCUT2D eigenvalue weighted by atomic mass is 15.2. The van der Waals surface area contributed by atoms with Gasteiger partial charge in [-0.05, 0) is 44.1 Å². The van der Waals surface area contributed by atoms with E-state index in [1.807, 2.05) is 26.4 Å². The van der Waals surface area contributed by atoms with Crippen LogP contribution in [0.15, 0.2) is 42.6 Å². The van der Waals surface area contributed by atoms with Crippen molar-refractivity contribution < 1.29 is 0 Å². The average Bonchev–Trinajstić information content (AvgIpc) is 2.74. The van der Waals surface area contributed by atoms with E-state index in [0.717, 1.165) is 42.5 Å². The van der Waals surface area contributed by atoms with Gasteiger partial charge in [0.15, 0.2) is 0 Å². The average molecular weight is 391 g/mol. The quantitative estimate of drug-likeness (QED) is 0.698. The predicted molar refractivity (Wildman–Crippen MR) is 118 cm³/mol. The van der Waals surface area contributed by atoms with Crippen molar-refractivity contribution in [2.75, 3.05) is 39.1 Å². The number of pyridine rings is 1. The summed E-state index contributed by atoms with van der Waals surface area (Å²) in [5, 5.41) is 4.71. The van der Waals surface area contributed by atoms with Crippen molar-refractivity contribution in [2.45, 2.75) is 31.8 Å². The van der Waals surface area contributed by atoms with E-state index < -0.39 is 0 Å². The van der Waals surface area contributed by atoms with Crippen molar-refractivity contribution in [3.05, 3.63) is 59.7 Å². The highest BCUT2D eigenvalue weighted by molar-refractivity contribution is 5.81. The molecule has 1 N–H and O–H groups in total. The van der Waals surface area contributed by atoms with E-state index in [9.17, 15) is 0 Å². The van der Waals surface area contributed by atoms with Crippen LogP contribution in [0.4, 0.5) is 5.82 Å². The van der Waals surface area contributed by atoms with Crippen LogP contribution in [0, 0.1) is 0 Å². The standard InChI is InChI=1S/C23H30N6/c1-28(2)23-13-21(17-8-5-11-24-14-17)26-22(27-23)16-29(3)15-18-7-4-10-20-19(18)9-6-12-25-20/h4,6-7,9-10,12-13,17,24H,5,8,11,14-16H2,1-3H3/t17-/m0/s1. The van der Waals surface area contributed by atoms with Gasteiger partial charge in [0.1, 0.15) is 11.6 Å². The summed E-state index contributed by atoms with van der Waals surface area (Å²) in [6.45, 7) is 3.66. The first kappa shape index (κ1) is 19.7. The molecular weight excluding hydrogens is 360 g/mol. The van der Waals surface area contributed by atoms with E-state index in [-0.39, 0.29) is 0 Å². The zero-order valence-electron chi connectivity index (χ0n) is 17.6. The third-order valence-corrected chi connectivity index (χ3v) is 5.54. The fourth-order valence-corrected chi connectivity index (χ4v) is 4.01. The van der Waals surface area contributed by atoms with Crippen LogP contribution in [-0.2, 0) is 13.1 Å². The molecule has 0 radical (unpaired) electrons. The van der Waals surface area contributed by atoms with E-state index in [0.29, 0.717) is 12.5 Å². The molecule has 0 aliphatic carbocycles. The van der Waals surface area contributed by atoms with Crippen LogP contribution >= 0.6 is 0 Å². The van der Waals surface area contributed by atoms with E-state index in [2.05, 4.69) is 57.5 Å². The lowest BCUT2D eigenvalue weighted by atomic mass is 9.96. The number of nitrogens with zero attached hydrogens (tertiary/aromatic N) is 5. The van der Waals surface area contributed by atoms with E-state index in [1.165, 1.54) is 23.8 Å². The Labute approximate surface area is 173 Å². The molecule has 3 aromatic rings. The number of hydrogen-bond acceptors (Lipinski definition) is 6. The van der Waals surface area contributed by atoms with Gasteiger partial charge in [-0.2, -0.15) is 0 Å². The number of piperidine rings is 1. The molecular formula is C23H30N6. The minimum absolute atomic E-state index is 0.471. The predicted octanol–water partition coefficient (Wildman–Crippen LogP) is 3.19. The van der Waals surface area contributed by atoms with Gasteiger partial charge in [0, 0.05) is 50.8 Å². The number of hydrogen-bond donors (Lipinski definition) is 1. The maximum atomic E-state index is 4.95. The van der Waals surface area contributed by atoms with Crippen molar-refractivity contribution in [2.24, 2.45) is 0 Å². The summed E-state index contributed by atoms with van der Waals surface area (Å²) in [7, 11) is 6.21. The largest absolute Gasteiger partial charge is 0.363 e. The van der Waals surface area contributed by atoms with Crippen molar-refractivity contribution in [3.63, 3.8) is 0 Å². The Morgan fingerprint density at radius 2 is 1.97 bits per heavy atom. The molecule has 0 amide bonds. The van der Waals surface area contributed by atoms with Gasteiger partial charge in [0.05, 0.1) is 17.8 Å². The Morgan fingerprint density at radius 1 is 1.07 bits per heavy atom. The van der Waals surface area contributed by atoms with Crippen molar-refractivity contribution >= 4 is 16.7 Å². The number of anilines is 1. The van der Waals surface area contributed by atoms with Crippen molar-refractivity contribution in [1.82, 2.24) is 25.2 Å². The van der Waals surface area contributed by atoms with E-state index in [1.54, 1.807) is 0 Å². The Hall–Kier alpha value is -2.57. The molecule has 2 aromatic heterocycles. The summed E-state index contributed by atoms with van der Waals surface area (Å²) >= 11 is 0. The first-order chi connectivity index (χ1) is 14.1. The lowest BCUT2D eigenvalue weighted by Gasteiger charge is -2.25. The van der Waals surface area contributed by atoms with Crippen LogP contribution in [0.2, 0.25) is 0 Å². The van der Waals surface area contributed by atoms with Crippen molar-refractivity contribution in [3.8, 4) is 0 Å². The molecule has 1 saturated heterocycles. The van der Waals surface area contributed by atoms with Gasteiger partial charge in [-0.15, -0.1) is 0 Å². The van der Waals surface area contributed by atoms with Crippen LogP contribution in [0.5, 0.6) is 0 Å². The lowest BCUT2D eigenvalue weighted by molar-refractivity contribution is 0.310. The number of nitrogens with one attached hydrogen (secondary N) is 1. The molecule has 4 rings (SSSR count). The molecule has 0 bridgehead atoms. The highest BCUT2D eigenvalue weighted by Crippen LogP contribution is 2.25. The molecule has 0 unspecified atom stereocenters. The molecule has 3 heterocycles. The van der Waals surface area contributed by atoms with Crippen LogP contribution < -0.4 is 10.2 Å². The van der Waals surface area contributed by atoms with Gasteiger partial charge in [0.2, 0.25) is 0 Å². The molecule has 1 aliphatic heterocycles. The Balaban J connectivity index is 1.55. The molecule has 1 atom stereocenters. The number of fused-ring (bicyclic) bond motifs is 1. The summed E-state index contributed by atoms with van der Waals surface area (Å²) in [6, 6.07) is 12.6. The third-order valence-electron chi connectivity index (χ3n) is 5.54. The zero-order valence-corrected chi connectivity index (χ0v) is 17.6. The summed E-state index contributed by atoms with van der Waals surface area (Å²) < 4.78 is 0. The molecule has 6 heteroatoms. The van der Waals surface area contributed by atoms with Gasteiger partial charge < -0.3 is 10.2 Å². The third kappa shape index (κ3) is 4.71. The fraction of sp³-hybridized carbons (Fsp3) is 0.435. The van der Waals surface area contributed by atoms with Gasteiger partial charge >= 0.3 is 0 Å². The smallest absolute Gasteiger partial charge is 0.144 e. The van der Waals surface area contributed by atoms with Crippen LogP contribution in [0.25, 0.3) is 10.9 Å². The van der Waals surface area contributed by atoms with Crippen molar-refractivity contribution in [1.29, 1.82) is 0 Å². The molecule has 6 nitrogen and oxygen atoms in total. The number of rotatable bonds is 6. The lowest BCUT2D eigenvalue weighted by Crippen LogP contribution is -2.29. The van der Waals surface area contributed by atoms with Gasteiger partial charge in [-0.3, -0.25) is 9.88 Å². The molecule has 1 aliphatic rings. The SMILES string of the molecule is CN(Cc1nc([C@H]2CCCNC2)cc(N(C)C)n1)Cc1cccc2ncccc12. The minimum Gasteiger partial charge on any atom is -0.363 e. The maximum absolute atomic E-state index is 4.95. The fourth-order valence-electron chi connectivity index (χ4n) is 4.01. The summed E-state index contributed by atoms with van der Waals surface area (Å²) in [4.78, 5) is 18.6. The van der Waals surface area contributed by atoms with Gasteiger partial charge in [-0.25, -0.2) is 9.97 Å². The molecule has 1 fully saturated rings. The first-order valence-electron chi connectivity index (χ1n) is 10.4. The number of aromatic nitrogens is 3. The monoisotopic (exact) mass is 390 g/mol. The topological polar surface area (TPSA) is 57.2 Å². The minimum atomic E-state index is 0.471. The van der Waals surface area contributed by atoms with Crippen LogP contribution in [-0.4, -0.2) is 54.1 Å². The van der Waals surface area contributed by atoms with Gasteiger partial charge in [0.25, 0.3) is 0 Å². The van der Waals surface area contributed by atoms with Crippen LogP contribution in [0.3, 0.4) is 0 Å². The first-order valence-corrected chi connectivity index (χ1v) is 10.4. The van der Waals surface area contributed by atoms with E-state index in [4.69, 9.17) is 9.97 Å². The maximum Gasteiger partial charge on any atom is 0.144 e. The second-order valence-corrected chi connectivity index (χ2v) is 8.16. The molecule has 0 saturated carbocycles. The highest BCUT2D eigenvalue weighted by Gasteiger charge is 2.19. The van der Waals surface area contributed by atoms with Gasteiger partial charge in [-0.1, -0.05) is 18.2 Å². The Kier molecular flexibility index (Phi) is 6.02. The second-order valence-electron chi connectivity index (χ2n) is 8.16. The summed E-state index contributed by atoms with van der Waals surface area (Å²) in [6.07, 6.45) is 4.24. The Morgan fingerprint density at radius 3 is 2.76 bits per heavy atom. The summed E-state index contributed by atoms with van der Waals surface area (Å²) in [5.41, 5.74) is 3.48. The normalized spacial score (nSPS) is 17.0.